The fourth-order valence-electron chi connectivity index (χ4n) is 3.96. The molecule has 0 aliphatic rings. The number of benzene rings is 2. The van der Waals surface area contributed by atoms with Crippen LogP contribution in [0.1, 0.15) is 52.0 Å². The van der Waals surface area contributed by atoms with Gasteiger partial charge in [0.05, 0.1) is 19.1 Å². The van der Waals surface area contributed by atoms with Gasteiger partial charge in [0.2, 0.25) is 21.8 Å². The summed E-state index contributed by atoms with van der Waals surface area (Å²) in [5.74, 6) is -0.560. The molecule has 8 nitrogen and oxygen atoms in total. The molecule has 2 amide bonds. The third-order valence-corrected chi connectivity index (χ3v) is 7.33. The molecule has 2 aromatic carbocycles. The Morgan fingerprint density at radius 3 is 2.38 bits per heavy atom. The van der Waals surface area contributed by atoms with Crippen molar-refractivity contribution in [1.29, 1.82) is 0 Å². The molecule has 0 saturated carbocycles. The Morgan fingerprint density at radius 2 is 1.78 bits per heavy atom. The summed E-state index contributed by atoms with van der Waals surface area (Å²) < 4.78 is 45.3. The molecule has 0 unspecified atom stereocenters. The van der Waals surface area contributed by atoms with Gasteiger partial charge in [-0.25, -0.2) is 12.8 Å². The maximum atomic E-state index is 14.3. The normalized spacial score (nSPS) is 12.9. The average molecular weight is 536 g/mol. The standard InChI is InChI=1S/C27H38FN3O5S/c1-6-20(3)29-27(33)24(7-2)30(19-21-12-10-13-22(18-21)36-4)26(32)16-11-17-31(37(5,34)35)25-15-9-8-14-23(25)28/h8-10,12-15,18,20,24H,6-7,11,16-17,19H2,1-5H3,(H,29,33)/t20-,24+/m0/s1. The van der Waals surface area contributed by atoms with Gasteiger partial charge >= 0.3 is 0 Å². The first-order chi connectivity index (χ1) is 17.5. The van der Waals surface area contributed by atoms with Gasteiger partial charge in [0, 0.05) is 25.6 Å². The van der Waals surface area contributed by atoms with Gasteiger partial charge in [0.15, 0.2) is 0 Å². The number of methoxy groups -OCH3 is 1. The number of nitrogens with zero attached hydrogens (tertiary/aromatic N) is 2. The van der Waals surface area contributed by atoms with Crippen LogP contribution in [0.4, 0.5) is 10.1 Å². The molecule has 2 aromatic rings. The molecule has 10 heteroatoms. The Balaban J connectivity index is 2.26. The molecular formula is C27H38FN3O5S. The van der Waals surface area contributed by atoms with E-state index in [-0.39, 0.29) is 49.5 Å². The minimum Gasteiger partial charge on any atom is -0.497 e. The van der Waals surface area contributed by atoms with E-state index in [0.29, 0.717) is 12.2 Å². The number of nitrogens with one attached hydrogen (secondary N) is 1. The summed E-state index contributed by atoms with van der Waals surface area (Å²) in [5, 5.41) is 2.96. The zero-order chi connectivity index (χ0) is 27.6. The van der Waals surface area contributed by atoms with Crippen molar-refractivity contribution in [2.24, 2.45) is 0 Å². The second-order valence-electron chi connectivity index (χ2n) is 9.01. The lowest BCUT2D eigenvalue weighted by Gasteiger charge is -2.32. The monoisotopic (exact) mass is 535 g/mol. The number of para-hydroxylation sites is 1. The smallest absolute Gasteiger partial charge is 0.243 e. The molecule has 2 atom stereocenters. The summed E-state index contributed by atoms with van der Waals surface area (Å²) >= 11 is 0. The Morgan fingerprint density at radius 1 is 1.08 bits per heavy atom. The van der Waals surface area contributed by atoms with Crippen LogP contribution in [0.2, 0.25) is 0 Å². The number of ether oxygens (including phenoxy) is 1. The van der Waals surface area contributed by atoms with Crippen LogP contribution >= 0.6 is 0 Å². The molecule has 2 rings (SSSR count). The van der Waals surface area contributed by atoms with E-state index in [1.165, 1.54) is 23.1 Å². The highest BCUT2D eigenvalue weighted by Gasteiger charge is 2.29. The third-order valence-electron chi connectivity index (χ3n) is 6.15. The number of hydrogen-bond donors (Lipinski definition) is 1. The highest BCUT2D eigenvalue weighted by molar-refractivity contribution is 7.92. The molecular weight excluding hydrogens is 497 g/mol. The van der Waals surface area contributed by atoms with Gasteiger partial charge in [0.1, 0.15) is 17.6 Å². The first-order valence-corrected chi connectivity index (χ1v) is 14.3. The number of amides is 2. The first-order valence-electron chi connectivity index (χ1n) is 12.5. The zero-order valence-electron chi connectivity index (χ0n) is 22.2. The fourth-order valence-corrected chi connectivity index (χ4v) is 4.93. The largest absolute Gasteiger partial charge is 0.497 e. The van der Waals surface area contributed by atoms with Gasteiger partial charge in [-0.15, -0.1) is 0 Å². The second-order valence-corrected chi connectivity index (χ2v) is 10.9. The number of carbonyl (C=O) groups is 2. The fraction of sp³-hybridized carbons (Fsp3) is 0.481. The van der Waals surface area contributed by atoms with E-state index < -0.39 is 21.9 Å². The molecule has 204 valence electrons. The van der Waals surface area contributed by atoms with Crippen molar-refractivity contribution in [3.8, 4) is 5.75 Å². The second kappa shape index (κ2) is 14.0. The average Bonchev–Trinajstić information content (AvgIpc) is 2.86. The van der Waals surface area contributed by atoms with Crippen LogP contribution in [0.3, 0.4) is 0 Å². The summed E-state index contributed by atoms with van der Waals surface area (Å²) in [6.45, 7) is 5.83. The van der Waals surface area contributed by atoms with Crippen molar-refractivity contribution in [2.45, 2.75) is 65.1 Å². The quantitative estimate of drug-likeness (QED) is 0.393. The summed E-state index contributed by atoms with van der Waals surface area (Å²) in [7, 11) is -2.22. The lowest BCUT2D eigenvalue weighted by atomic mass is 10.1. The number of rotatable bonds is 14. The van der Waals surface area contributed by atoms with Crippen molar-refractivity contribution in [1.82, 2.24) is 10.2 Å². The molecule has 0 aliphatic carbocycles. The summed E-state index contributed by atoms with van der Waals surface area (Å²) in [5.41, 5.74) is 0.733. The molecule has 0 heterocycles. The van der Waals surface area contributed by atoms with Crippen LogP contribution in [0.25, 0.3) is 0 Å². The number of sulfonamides is 1. The van der Waals surface area contributed by atoms with Crippen molar-refractivity contribution in [2.75, 3.05) is 24.2 Å². The van der Waals surface area contributed by atoms with Crippen LogP contribution in [0.5, 0.6) is 5.75 Å². The van der Waals surface area contributed by atoms with Crippen molar-refractivity contribution >= 4 is 27.5 Å². The van der Waals surface area contributed by atoms with Crippen molar-refractivity contribution < 1.29 is 27.1 Å². The third kappa shape index (κ3) is 8.73. The van der Waals surface area contributed by atoms with Gasteiger partial charge < -0.3 is 15.0 Å². The first kappa shape index (κ1) is 30.1. The lowest BCUT2D eigenvalue weighted by molar-refractivity contribution is -0.141. The molecule has 0 radical (unpaired) electrons. The minimum atomic E-state index is -3.78. The predicted octanol–water partition coefficient (Wildman–Crippen LogP) is 4.10. The number of carbonyl (C=O) groups excluding carboxylic acids is 2. The zero-order valence-corrected chi connectivity index (χ0v) is 23.1. The van der Waals surface area contributed by atoms with Gasteiger partial charge in [0.25, 0.3) is 0 Å². The highest BCUT2D eigenvalue weighted by atomic mass is 32.2. The van der Waals surface area contributed by atoms with Crippen LogP contribution in [-0.2, 0) is 26.2 Å². The van der Waals surface area contributed by atoms with E-state index in [1.54, 1.807) is 19.2 Å². The van der Waals surface area contributed by atoms with E-state index >= 15 is 0 Å². The maximum absolute atomic E-state index is 14.3. The highest BCUT2D eigenvalue weighted by Crippen LogP contribution is 2.23. The van der Waals surface area contributed by atoms with E-state index in [4.69, 9.17) is 4.74 Å². The number of halogens is 1. The van der Waals surface area contributed by atoms with Gasteiger partial charge in [-0.1, -0.05) is 38.1 Å². The van der Waals surface area contributed by atoms with Gasteiger partial charge in [-0.3, -0.25) is 13.9 Å². The van der Waals surface area contributed by atoms with Crippen LogP contribution in [0.15, 0.2) is 48.5 Å². The van der Waals surface area contributed by atoms with E-state index in [1.807, 2.05) is 39.0 Å². The molecule has 0 aliphatic heterocycles. The van der Waals surface area contributed by atoms with Gasteiger partial charge in [-0.2, -0.15) is 0 Å². The minimum absolute atomic E-state index is 0.0163. The Labute approximate surface area is 219 Å². The van der Waals surface area contributed by atoms with E-state index in [2.05, 4.69) is 5.32 Å². The molecule has 1 N–H and O–H groups in total. The summed E-state index contributed by atoms with van der Waals surface area (Å²) in [6, 6.07) is 12.1. The Kier molecular flexibility index (Phi) is 11.4. The topological polar surface area (TPSA) is 96.0 Å². The molecule has 0 aromatic heterocycles. The molecule has 0 spiro atoms. The number of anilines is 1. The van der Waals surface area contributed by atoms with E-state index in [9.17, 15) is 22.4 Å². The van der Waals surface area contributed by atoms with Crippen molar-refractivity contribution in [3.63, 3.8) is 0 Å². The SMILES string of the molecule is CC[C@H](C(=O)N[C@@H](C)CC)N(Cc1cccc(OC)c1)C(=O)CCCN(c1ccccc1F)S(C)(=O)=O. The summed E-state index contributed by atoms with van der Waals surface area (Å²) in [4.78, 5) is 28.1. The predicted molar refractivity (Wildman–Crippen MR) is 143 cm³/mol. The van der Waals surface area contributed by atoms with Crippen molar-refractivity contribution in [3.05, 3.63) is 59.9 Å². The van der Waals surface area contributed by atoms with Crippen LogP contribution < -0.4 is 14.4 Å². The lowest BCUT2D eigenvalue weighted by Crippen LogP contribution is -2.50. The number of hydrogen-bond acceptors (Lipinski definition) is 5. The molecule has 0 saturated heterocycles. The molecule has 37 heavy (non-hydrogen) atoms. The van der Waals surface area contributed by atoms with Crippen LogP contribution in [-0.4, -0.2) is 57.1 Å². The summed E-state index contributed by atoms with van der Waals surface area (Å²) in [6.07, 6.45) is 2.30. The Bertz CT molecular complexity index is 1160. The van der Waals surface area contributed by atoms with E-state index in [0.717, 1.165) is 22.5 Å². The molecule has 0 bridgehead atoms. The Hall–Kier alpha value is -3.14. The van der Waals surface area contributed by atoms with Crippen LogP contribution in [0, 0.1) is 5.82 Å². The maximum Gasteiger partial charge on any atom is 0.243 e. The molecule has 0 fully saturated rings. The van der Waals surface area contributed by atoms with Gasteiger partial charge in [-0.05, 0) is 56.0 Å².